The first-order valence-electron chi connectivity index (χ1n) is 8.43. The highest BCUT2D eigenvalue weighted by Crippen LogP contribution is 2.33. The Kier molecular flexibility index (Phi) is 2.95. The first-order valence-corrected chi connectivity index (χ1v) is 8.43. The fourth-order valence-electron chi connectivity index (χ4n) is 3.52. The molecule has 1 saturated carbocycles. The minimum absolute atomic E-state index is 0.0605. The number of pyridine rings is 1. The SMILES string of the molecule is O=C(NC1CC1)C1CCN(c2ccnc3nnc4[nH]ccc4c23)C1. The Labute approximate surface area is 138 Å². The molecule has 1 amide bonds. The zero-order valence-electron chi connectivity index (χ0n) is 13.2. The molecule has 1 aliphatic carbocycles. The third kappa shape index (κ3) is 2.19. The molecule has 1 atom stereocenters. The Bertz CT molecular complexity index is 931. The van der Waals surface area contributed by atoms with Crippen LogP contribution in [-0.4, -0.2) is 45.2 Å². The first kappa shape index (κ1) is 13.7. The number of H-pyrrole nitrogens is 1. The smallest absolute Gasteiger partial charge is 0.225 e. The number of aromatic nitrogens is 4. The number of carbonyl (C=O) groups is 1. The molecule has 7 nitrogen and oxygen atoms in total. The topological polar surface area (TPSA) is 86.8 Å². The van der Waals surface area contributed by atoms with Gasteiger partial charge in [-0.3, -0.25) is 4.79 Å². The highest BCUT2D eigenvalue weighted by atomic mass is 16.2. The van der Waals surface area contributed by atoms with E-state index in [0.717, 1.165) is 54.5 Å². The highest BCUT2D eigenvalue weighted by molar-refractivity contribution is 6.08. The molecule has 2 N–H and O–H groups in total. The fourth-order valence-corrected chi connectivity index (χ4v) is 3.52. The van der Waals surface area contributed by atoms with Crippen LogP contribution in [0.25, 0.3) is 22.1 Å². The van der Waals surface area contributed by atoms with Crippen LogP contribution in [0, 0.1) is 5.92 Å². The van der Waals surface area contributed by atoms with Gasteiger partial charge in [0.2, 0.25) is 5.91 Å². The van der Waals surface area contributed by atoms with E-state index in [1.54, 1.807) is 6.20 Å². The van der Waals surface area contributed by atoms with Crippen molar-refractivity contribution in [2.45, 2.75) is 25.3 Å². The maximum Gasteiger partial charge on any atom is 0.225 e. The van der Waals surface area contributed by atoms with Crippen molar-refractivity contribution in [2.24, 2.45) is 5.92 Å². The predicted molar refractivity (Wildman–Crippen MR) is 90.7 cm³/mol. The van der Waals surface area contributed by atoms with Crippen LogP contribution >= 0.6 is 0 Å². The van der Waals surface area contributed by atoms with Crippen molar-refractivity contribution in [2.75, 3.05) is 18.0 Å². The van der Waals surface area contributed by atoms with Gasteiger partial charge in [0.05, 0.1) is 17.0 Å². The third-order valence-electron chi connectivity index (χ3n) is 4.97. The summed E-state index contributed by atoms with van der Waals surface area (Å²) >= 11 is 0. The van der Waals surface area contributed by atoms with E-state index in [4.69, 9.17) is 0 Å². The average Bonchev–Trinajstić information content (AvgIpc) is 3.12. The van der Waals surface area contributed by atoms with Gasteiger partial charge in [-0.15, -0.1) is 10.2 Å². The van der Waals surface area contributed by atoms with Gasteiger partial charge in [0.1, 0.15) is 0 Å². The Morgan fingerprint density at radius 1 is 1.25 bits per heavy atom. The molecule has 2 fully saturated rings. The number of rotatable bonds is 3. The number of nitrogens with zero attached hydrogens (tertiary/aromatic N) is 4. The Balaban J connectivity index is 1.50. The molecular formula is C17H18N6O. The molecule has 3 aromatic heterocycles. The van der Waals surface area contributed by atoms with E-state index in [9.17, 15) is 4.79 Å². The summed E-state index contributed by atoms with van der Waals surface area (Å²) in [5, 5.41) is 13.5. The second-order valence-electron chi connectivity index (χ2n) is 6.68. The Morgan fingerprint density at radius 2 is 2.17 bits per heavy atom. The van der Waals surface area contributed by atoms with Gasteiger partial charge in [-0.1, -0.05) is 0 Å². The summed E-state index contributed by atoms with van der Waals surface area (Å²) in [6, 6.07) is 4.44. The van der Waals surface area contributed by atoms with E-state index in [1.807, 2.05) is 18.3 Å². The van der Waals surface area contributed by atoms with Gasteiger partial charge in [0, 0.05) is 36.9 Å². The van der Waals surface area contributed by atoms with Crippen LogP contribution in [0.1, 0.15) is 19.3 Å². The number of hydrogen-bond donors (Lipinski definition) is 2. The van der Waals surface area contributed by atoms with E-state index in [0.29, 0.717) is 11.7 Å². The largest absolute Gasteiger partial charge is 0.370 e. The summed E-state index contributed by atoms with van der Waals surface area (Å²) in [5.74, 6) is 0.260. The molecule has 7 heteroatoms. The molecule has 0 radical (unpaired) electrons. The zero-order valence-corrected chi connectivity index (χ0v) is 13.2. The summed E-state index contributed by atoms with van der Waals surface area (Å²) in [6.07, 6.45) is 6.77. The molecule has 0 aromatic carbocycles. The van der Waals surface area contributed by atoms with Crippen molar-refractivity contribution in [3.8, 4) is 0 Å². The van der Waals surface area contributed by atoms with Crippen molar-refractivity contribution < 1.29 is 4.79 Å². The number of carbonyl (C=O) groups excluding carboxylic acids is 1. The van der Waals surface area contributed by atoms with Gasteiger partial charge < -0.3 is 15.2 Å². The molecule has 1 aliphatic heterocycles. The van der Waals surface area contributed by atoms with Crippen molar-refractivity contribution in [3.05, 3.63) is 24.5 Å². The van der Waals surface area contributed by atoms with Crippen molar-refractivity contribution in [1.29, 1.82) is 0 Å². The van der Waals surface area contributed by atoms with E-state index in [-0.39, 0.29) is 11.8 Å². The quantitative estimate of drug-likeness (QED) is 0.765. The molecule has 0 spiro atoms. The normalized spacial score (nSPS) is 20.8. The summed E-state index contributed by atoms with van der Waals surface area (Å²) < 4.78 is 0. The summed E-state index contributed by atoms with van der Waals surface area (Å²) in [4.78, 5) is 22.1. The van der Waals surface area contributed by atoms with Crippen LogP contribution in [0.15, 0.2) is 24.5 Å². The summed E-state index contributed by atoms with van der Waals surface area (Å²) in [5.41, 5.74) is 2.49. The van der Waals surface area contributed by atoms with Gasteiger partial charge in [-0.25, -0.2) is 4.98 Å². The number of anilines is 1. The molecule has 122 valence electrons. The highest BCUT2D eigenvalue weighted by Gasteiger charge is 2.33. The molecule has 1 saturated heterocycles. The van der Waals surface area contributed by atoms with Crippen molar-refractivity contribution in [1.82, 2.24) is 25.5 Å². The number of fused-ring (bicyclic) bond motifs is 3. The maximum absolute atomic E-state index is 12.3. The lowest BCUT2D eigenvalue weighted by Gasteiger charge is -2.20. The minimum atomic E-state index is 0.0605. The lowest BCUT2D eigenvalue weighted by atomic mass is 10.1. The molecule has 2 aliphatic rings. The van der Waals surface area contributed by atoms with Crippen LogP contribution in [0.5, 0.6) is 0 Å². The third-order valence-corrected chi connectivity index (χ3v) is 4.97. The summed E-state index contributed by atoms with van der Waals surface area (Å²) in [6.45, 7) is 1.61. The van der Waals surface area contributed by atoms with Crippen LogP contribution in [0.2, 0.25) is 0 Å². The van der Waals surface area contributed by atoms with E-state index < -0.39 is 0 Å². The average molecular weight is 322 g/mol. The van der Waals surface area contributed by atoms with Gasteiger partial charge >= 0.3 is 0 Å². The molecule has 0 bridgehead atoms. The predicted octanol–water partition coefficient (Wildman–Crippen LogP) is 1.61. The maximum atomic E-state index is 12.3. The van der Waals surface area contributed by atoms with Crippen LogP contribution in [0.4, 0.5) is 5.69 Å². The van der Waals surface area contributed by atoms with Crippen LogP contribution in [-0.2, 0) is 4.79 Å². The van der Waals surface area contributed by atoms with Gasteiger partial charge in [-0.2, -0.15) is 0 Å². The number of nitrogens with one attached hydrogen (secondary N) is 2. The monoisotopic (exact) mass is 322 g/mol. The van der Waals surface area contributed by atoms with Crippen LogP contribution < -0.4 is 10.2 Å². The fraction of sp³-hybridized carbons (Fsp3) is 0.412. The summed E-state index contributed by atoms with van der Waals surface area (Å²) in [7, 11) is 0. The van der Waals surface area contributed by atoms with E-state index in [2.05, 4.69) is 30.4 Å². The number of amides is 1. The number of aromatic amines is 1. The second kappa shape index (κ2) is 5.15. The standard InChI is InChI=1S/C17H18N6O/c24-17(20-11-1-2-11)10-5-8-23(9-10)13-4-7-19-16-14(13)12-3-6-18-15(12)21-22-16/h3-4,6-7,10-11H,1-2,5,8-9H2,(H,18,21)(H,20,24). The van der Waals surface area contributed by atoms with Gasteiger partial charge in [-0.05, 0) is 31.4 Å². The van der Waals surface area contributed by atoms with Crippen LogP contribution in [0.3, 0.4) is 0 Å². The van der Waals surface area contributed by atoms with E-state index >= 15 is 0 Å². The molecular weight excluding hydrogens is 304 g/mol. The Hall–Kier alpha value is -2.70. The molecule has 5 rings (SSSR count). The molecule has 1 unspecified atom stereocenters. The molecule has 3 aromatic rings. The molecule has 4 heterocycles. The second-order valence-corrected chi connectivity index (χ2v) is 6.68. The van der Waals surface area contributed by atoms with Crippen molar-refractivity contribution in [3.63, 3.8) is 0 Å². The lowest BCUT2D eigenvalue weighted by Crippen LogP contribution is -2.34. The van der Waals surface area contributed by atoms with Gasteiger partial charge in [0.25, 0.3) is 0 Å². The Morgan fingerprint density at radius 3 is 3.04 bits per heavy atom. The first-order chi connectivity index (χ1) is 11.8. The zero-order chi connectivity index (χ0) is 16.1. The minimum Gasteiger partial charge on any atom is -0.370 e. The number of hydrogen-bond acceptors (Lipinski definition) is 5. The lowest BCUT2D eigenvalue weighted by molar-refractivity contribution is -0.124. The van der Waals surface area contributed by atoms with Gasteiger partial charge in [0.15, 0.2) is 11.3 Å². The van der Waals surface area contributed by atoms with Crippen molar-refractivity contribution >= 4 is 33.7 Å². The van der Waals surface area contributed by atoms with E-state index in [1.165, 1.54) is 0 Å². The molecule has 24 heavy (non-hydrogen) atoms.